The standard InChI is InChI=1S/C13H16N6O2S/c1-17-7-9(6-15-17)10(18-2-4-21-5-3-18)11-12(20)19-13(22-11)14-8-16-19/h6-8,10,20H,2-5H2,1H3/t10-/m1/s1. The number of hydrogen-bond donors (Lipinski definition) is 1. The van der Waals surface area contributed by atoms with Crippen LogP contribution in [0.25, 0.3) is 4.96 Å². The summed E-state index contributed by atoms with van der Waals surface area (Å²) in [5, 5.41) is 18.9. The molecule has 0 saturated carbocycles. The second-order valence-electron chi connectivity index (χ2n) is 5.24. The van der Waals surface area contributed by atoms with Crippen LogP contribution in [0.3, 0.4) is 0 Å². The number of ether oxygens (including phenoxy) is 1. The van der Waals surface area contributed by atoms with Crippen LogP contribution in [0.1, 0.15) is 16.5 Å². The summed E-state index contributed by atoms with van der Waals surface area (Å²) in [4.78, 5) is 8.00. The van der Waals surface area contributed by atoms with Gasteiger partial charge in [0.25, 0.3) is 0 Å². The first-order chi connectivity index (χ1) is 10.7. The van der Waals surface area contributed by atoms with E-state index in [0.717, 1.165) is 23.5 Å². The van der Waals surface area contributed by atoms with Gasteiger partial charge in [-0.05, 0) is 0 Å². The minimum atomic E-state index is -0.0638. The van der Waals surface area contributed by atoms with E-state index in [0.29, 0.717) is 18.2 Å². The van der Waals surface area contributed by atoms with Crippen LogP contribution >= 0.6 is 11.3 Å². The molecule has 8 nitrogen and oxygen atoms in total. The van der Waals surface area contributed by atoms with Gasteiger partial charge in [0, 0.05) is 31.9 Å². The molecule has 0 aliphatic carbocycles. The average Bonchev–Trinajstić information content (AvgIpc) is 3.22. The summed E-state index contributed by atoms with van der Waals surface area (Å²) < 4.78 is 8.70. The van der Waals surface area contributed by atoms with Crippen LogP contribution < -0.4 is 0 Å². The van der Waals surface area contributed by atoms with Crippen molar-refractivity contribution < 1.29 is 9.84 Å². The molecule has 4 rings (SSSR count). The Balaban J connectivity index is 1.81. The Labute approximate surface area is 130 Å². The van der Waals surface area contributed by atoms with E-state index in [2.05, 4.69) is 20.1 Å². The van der Waals surface area contributed by atoms with Gasteiger partial charge in [-0.25, -0.2) is 4.98 Å². The molecule has 3 aromatic rings. The van der Waals surface area contributed by atoms with E-state index < -0.39 is 0 Å². The number of morpholine rings is 1. The molecule has 3 aromatic heterocycles. The first kappa shape index (κ1) is 13.7. The maximum Gasteiger partial charge on any atom is 0.230 e. The third-order valence-electron chi connectivity index (χ3n) is 3.84. The molecule has 0 spiro atoms. The predicted molar refractivity (Wildman–Crippen MR) is 80.0 cm³/mol. The minimum Gasteiger partial charge on any atom is -0.492 e. The SMILES string of the molecule is Cn1cc([C@H](c2sc3ncnn3c2O)N2CCOCC2)cn1. The van der Waals surface area contributed by atoms with Gasteiger partial charge < -0.3 is 9.84 Å². The summed E-state index contributed by atoms with van der Waals surface area (Å²) >= 11 is 1.46. The molecule has 116 valence electrons. The predicted octanol–water partition coefficient (Wildman–Crippen LogP) is 0.651. The topological polar surface area (TPSA) is 80.7 Å². The lowest BCUT2D eigenvalue weighted by atomic mass is 10.1. The van der Waals surface area contributed by atoms with Gasteiger partial charge in [-0.1, -0.05) is 11.3 Å². The lowest BCUT2D eigenvalue weighted by molar-refractivity contribution is 0.0241. The molecule has 22 heavy (non-hydrogen) atoms. The van der Waals surface area contributed by atoms with Gasteiger partial charge in [-0.15, -0.1) is 0 Å². The zero-order valence-corrected chi connectivity index (χ0v) is 12.9. The Morgan fingerprint density at radius 2 is 2.14 bits per heavy atom. The summed E-state index contributed by atoms with van der Waals surface area (Å²) in [6, 6.07) is -0.0638. The van der Waals surface area contributed by atoms with Crippen molar-refractivity contribution in [1.29, 1.82) is 0 Å². The smallest absolute Gasteiger partial charge is 0.230 e. The Morgan fingerprint density at radius 1 is 1.32 bits per heavy atom. The van der Waals surface area contributed by atoms with E-state index >= 15 is 0 Å². The molecule has 1 atom stereocenters. The number of hydrogen-bond acceptors (Lipinski definition) is 7. The lowest BCUT2D eigenvalue weighted by Gasteiger charge is -2.33. The summed E-state index contributed by atoms with van der Waals surface area (Å²) in [5.74, 6) is 0.151. The summed E-state index contributed by atoms with van der Waals surface area (Å²) in [5.41, 5.74) is 1.05. The van der Waals surface area contributed by atoms with Gasteiger partial charge in [-0.3, -0.25) is 9.58 Å². The van der Waals surface area contributed by atoms with Crippen LogP contribution in [-0.4, -0.2) is 60.7 Å². The molecule has 1 N–H and O–H groups in total. The fraction of sp³-hybridized carbons (Fsp3) is 0.462. The highest BCUT2D eigenvalue weighted by Crippen LogP contribution is 2.39. The Kier molecular flexibility index (Phi) is 3.32. The monoisotopic (exact) mass is 320 g/mol. The van der Waals surface area contributed by atoms with Gasteiger partial charge in [0.15, 0.2) is 0 Å². The second-order valence-corrected chi connectivity index (χ2v) is 6.25. The van der Waals surface area contributed by atoms with Gasteiger partial charge in [0.05, 0.1) is 30.3 Å². The fourth-order valence-corrected chi connectivity index (χ4v) is 3.91. The van der Waals surface area contributed by atoms with E-state index in [1.54, 1.807) is 4.68 Å². The van der Waals surface area contributed by atoms with Gasteiger partial charge in [-0.2, -0.15) is 14.7 Å². The van der Waals surface area contributed by atoms with Gasteiger partial charge >= 0.3 is 0 Å². The molecule has 0 aromatic carbocycles. The third kappa shape index (κ3) is 2.18. The maximum atomic E-state index is 10.5. The van der Waals surface area contributed by atoms with Crippen molar-refractivity contribution in [2.45, 2.75) is 6.04 Å². The quantitative estimate of drug-likeness (QED) is 0.763. The van der Waals surface area contributed by atoms with Crippen molar-refractivity contribution >= 4 is 16.3 Å². The molecule has 1 saturated heterocycles. The van der Waals surface area contributed by atoms with Crippen LogP contribution in [0, 0.1) is 0 Å². The van der Waals surface area contributed by atoms with Crippen LogP contribution in [-0.2, 0) is 11.8 Å². The average molecular weight is 320 g/mol. The van der Waals surface area contributed by atoms with Crippen LogP contribution in [0.4, 0.5) is 0 Å². The Bertz CT molecular complexity index is 788. The van der Waals surface area contributed by atoms with Crippen LogP contribution in [0.5, 0.6) is 5.88 Å². The molecular weight excluding hydrogens is 304 g/mol. The molecule has 0 unspecified atom stereocenters. The summed E-state index contributed by atoms with van der Waals surface area (Å²) in [6.07, 6.45) is 5.27. The first-order valence-corrected chi connectivity index (χ1v) is 7.87. The summed E-state index contributed by atoms with van der Waals surface area (Å²) in [6.45, 7) is 3.01. The van der Waals surface area contributed by atoms with E-state index in [4.69, 9.17) is 4.74 Å². The molecule has 0 bridgehead atoms. The number of aromatic hydroxyl groups is 1. The number of aromatic nitrogens is 5. The van der Waals surface area contributed by atoms with Gasteiger partial charge in [0.2, 0.25) is 10.8 Å². The molecule has 4 heterocycles. The van der Waals surface area contributed by atoms with Gasteiger partial charge in [0.1, 0.15) is 6.33 Å². The van der Waals surface area contributed by atoms with Crippen molar-refractivity contribution in [3.63, 3.8) is 0 Å². The lowest BCUT2D eigenvalue weighted by Crippen LogP contribution is -2.39. The fourth-order valence-electron chi connectivity index (χ4n) is 2.82. The molecule has 1 aliphatic rings. The number of thiazole rings is 1. The molecule has 9 heteroatoms. The molecular formula is C13H16N6O2S. The van der Waals surface area contributed by atoms with Crippen molar-refractivity contribution in [3.8, 4) is 5.88 Å². The summed E-state index contributed by atoms with van der Waals surface area (Å²) in [7, 11) is 1.89. The third-order valence-corrected chi connectivity index (χ3v) is 4.93. The van der Waals surface area contributed by atoms with E-state index in [1.165, 1.54) is 22.2 Å². The zero-order chi connectivity index (χ0) is 15.1. The minimum absolute atomic E-state index is 0.0638. The molecule has 1 fully saturated rings. The highest BCUT2D eigenvalue weighted by atomic mass is 32.1. The van der Waals surface area contributed by atoms with Crippen LogP contribution in [0.15, 0.2) is 18.7 Å². The molecule has 0 amide bonds. The number of rotatable bonds is 3. The normalized spacial score (nSPS) is 18.0. The van der Waals surface area contributed by atoms with E-state index in [1.807, 2.05) is 19.4 Å². The Morgan fingerprint density at radius 3 is 2.82 bits per heavy atom. The number of fused-ring (bicyclic) bond motifs is 1. The first-order valence-electron chi connectivity index (χ1n) is 7.06. The van der Waals surface area contributed by atoms with Crippen molar-refractivity contribution in [2.24, 2.45) is 7.05 Å². The zero-order valence-electron chi connectivity index (χ0n) is 12.1. The Hall–Kier alpha value is -1.97. The van der Waals surface area contributed by atoms with Crippen molar-refractivity contribution in [2.75, 3.05) is 26.3 Å². The molecule has 0 radical (unpaired) electrons. The largest absolute Gasteiger partial charge is 0.492 e. The molecule has 1 aliphatic heterocycles. The van der Waals surface area contributed by atoms with Crippen LogP contribution in [0.2, 0.25) is 0 Å². The number of aryl methyl sites for hydroxylation is 1. The van der Waals surface area contributed by atoms with E-state index in [-0.39, 0.29) is 11.9 Å². The van der Waals surface area contributed by atoms with E-state index in [9.17, 15) is 5.11 Å². The van der Waals surface area contributed by atoms with Crippen molar-refractivity contribution in [3.05, 3.63) is 29.2 Å². The number of nitrogens with zero attached hydrogens (tertiary/aromatic N) is 6. The van der Waals surface area contributed by atoms with Crippen molar-refractivity contribution in [1.82, 2.24) is 29.3 Å². The highest BCUT2D eigenvalue weighted by molar-refractivity contribution is 7.17. The maximum absolute atomic E-state index is 10.5. The second kappa shape index (κ2) is 5.34. The highest BCUT2D eigenvalue weighted by Gasteiger charge is 2.31.